The van der Waals surface area contributed by atoms with Gasteiger partial charge in [-0.2, -0.15) is 0 Å². The van der Waals surface area contributed by atoms with Crippen LogP contribution in [0, 0.1) is 0 Å². The fourth-order valence-corrected chi connectivity index (χ4v) is 2.41. The summed E-state index contributed by atoms with van der Waals surface area (Å²) in [6.07, 6.45) is 0.743. The van der Waals surface area contributed by atoms with E-state index in [0.29, 0.717) is 49.1 Å². The summed E-state index contributed by atoms with van der Waals surface area (Å²) in [6, 6.07) is 12.7. The maximum atomic E-state index is 12.1. The fraction of sp³-hybridized carbons (Fsp3) is 0.348. The van der Waals surface area contributed by atoms with Crippen LogP contribution in [0.5, 0.6) is 11.5 Å². The number of esters is 1. The van der Waals surface area contributed by atoms with E-state index in [1.807, 2.05) is 13.8 Å². The first kappa shape index (κ1) is 24.7. The minimum absolute atomic E-state index is 0.313. The summed E-state index contributed by atoms with van der Waals surface area (Å²) in [6.45, 7) is 5.39. The largest absolute Gasteiger partial charge is 0.491 e. The van der Waals surface area contributed by atoms with Gasteiger partial charge in [0.25, 0.3) is 11.8 Å². The number of hydrogen-bond donors (Lipinski definition) is 2. The Morgan fingerprint density at radius 2 is 1.38 bits per heavy atom. The standard InChI is InChI=1S/C23H28N2O7/c1-3-13-31-23(28)18-7-11-20(12-8-18)32-16-21(26)24-25-22(27)17-5-9-19(10-6-17)30-15-14-29-4-2/h5-12H,3-4,13-16H2,1-2H3,(H,24,26)(H,25,27). The van der Waals surface area contributed by atoms with Gasteiger partial charge < -0.3 is 18.9 Å². The molecule has 0 spiro atoms. The van der Waals surface area contributed by atoms with Crippen LogP contribution >= 0.6 is 0 Å². The molecular weight excluding hydrogens is 416 g/mol. The minimum Gasteiger partial charge on any atom is -0.491 e. The monoisotopic (exact) mass is 444 g/mol. The molecule has 0 aliphatic rings. The summed E-state index contributed by atoms with van der Waals surface area (Å²) in [5.41, 5.74) is 5.35. The lowest BCUT2D eigenvalue weighted by molar-refractivity contribution is -0.123. The van der Waals surface area contributed by atoms with Gasteiger partial charge >= 0.3 is 5.97 Å². The summed E-state index contributed by atoms with van der Waals surface area (Å²) in [7, 11) is 0. The lowest BCUT2D eigenvalue weighted by Gasteiger charge is -2.10. The molecule has 9 nitrogen and oxygen atoms in total. The number of amides is 2. The van der Waals surface area contributed by atoms with Crippen molar-refractivity contribution in [3.63, 3.8) is 0 Å². The Hall–Kier alpha value is -3.59. The third kappa shape index (κ3) is 8.65. The van der Waals surface area contributed by atoms with Crippen molar-refractivity contribution in [3.8, 4) is 11.5 Å². The second-order valence-electron chi connectivity index (χ2n) is 6.52. The normalized spacial score (nSPS) is 10.2. The molecule has 0 unspecified atom stereocenters. The number of hydrogen-bond acceptors (Lipinski definition) is 7. The van der Waals surface area contributed by atoms with Gasteiger partial charge in [-0.3, -0.25) is 20.4 Å². The van der Waals surface area contributed by atoms with Crippen LogP contribution < -0.4 is 20.3 Å². The van der Waals surface area contributed by atoms with Crippen molar-refractivity contribution in [1.82, 2.24) is 10.9 Å². The van der Waals surface area contributed by atoms with E-state index in [2.05, 4.69) is 10.9 Å². The highest BCUT2D eigenvalue weighted by Crippen LogP contribution is 2.13. The van der Waals surface area contributed by atoms with Gasteiger partial charge in [0.2, 0.25) is 0 Å². The van der Waals surface area contributed by atoms with Crippen LogP contribution in [0.1, 0.15) is 41.0 Å². The van der Waals surface area contributed by atoms with Crippen LogP contribution in [-0.2, 0) is 14.3 Å². The van der Waals surface area contributed by atoms with E-state index in [-0.39, 0.29) is 6.61 Å². The van der Waals surface area contributed by atoms with E-state index >= 15 is 0 Å². The van der Waals surface area contributed by atoms with Crippen molar-refractivity contribution in [2.24, 2.45) is 0 Å². The Morgan fingerprint density at radius 3 is 2.00 bits per heavy atom. The third-order valence-electron chi connectivity index (χ3n) is 4.03. The van der Waals surface area contributed by atoms with E-state index in [1.165, 1.54) is 0 Å². The zero-order chi connectivity index (χ0) is 23.2. The summed E-state index contributed by atoms with van der Waals surface area (Å²) >= 11 is 0. The Morgan fingerprint density at radius 1 is 0.750 bits per heavy atom. The van der Waals surface area contributed by atoms with Crippen LogP contribution in [0.4, 0.5) is 0 Å². The van der Waals surface area contributed by atoms with Gasteiger partial charge in [-0.25, -0.2) is 4.79 Å². The molecule has 0 saturated carbocycles. The molecule has 0 fully saturated rings. The highest BCUT2D eigenvalue weighted by molar-refractivity contribution is 5.95. The van der Waals surface area contributed by atoms with Crippen molar-refractivity contribution in [3.05, 3.63) is 59.7 Å². The van der Waals surface area contributed by atoms with Crippen LogP contribution in [0.15, 0.2) is 48.5 Å². The molecular formula is C23H28N2O7. The first-order valence-corrected chi connectivity index (χ1v) is 10.3. The van der Waals surface area contributed by atoms with Crippen LogP contribution in [0.2, 0.25) is 0 Å². The molecule has 0 aliphatic carbocycles. The molecule has 0 bridgehead atoms. The Balaban J connectivity index is 1.71. The zero-order valence-electron chi connectivity index (χ0n) is 18.2. The van der Waals surface area contributed by atoms with Gasteiger partial charge in [0.05, 0.1) is 18.8 Å². The molecule has 0 saturated heterocycles. The quantitative estimate of drug-likeness (QED) is 0.294. The third-order valence-corrected chi connectivity index (χ3v) is 4.03. The predicted octanol–water partition coefficient (Wildman–Crippen LogP) is 2.51. The molecule has 0 atom stereocenters. The van der Waals surface area contributed by atoms with Crippen LogP contribution in [-0.4, -0.2) is 50.8 Å². The van der Waals surface area contributed by atoms with E-state index in [1.54, 1.807) is 48.5 Å². The van der Waals surface area contributed by atoms with Crippen molar-refractivity contribution in [1.29, 1.82) is 0 Å². The topological polar surface area (TPSA) is 112 Å². The molecule has 0 aromatic heterocycles. The smallest absolute Gasteiger partial charge is 0.338 e. The molecule has 2 amide bonds. The average Bonchev–Trinajstić information content (AvgIpc) is 2.83. The lowest BCUT2D eigenvalue weighted by Crippen LogP contribution is -2.43. The maximum absolute atomic E-state index is 12.1. The maximum Gasteiger partial charge on any atom is 0.338 e. The van der Waals surface area contributed by atoms with E-state index in [9.17, 15) is 14.4 Å². The number of carbonyl (C=O) groups excluding carboxylic acids is 3. The molecule has 9 heteroatoms. The van der Waals surface area contributed by atoms with Crippen LogP contribution in [0.25, 0.3) is 0 Å². The fourth-order valence-electron chi connectivity index (χ4n) is 2.41. The molecule has 32 heavy (non-hydrogen) atoms. The lowest BCUT2D eigenvalue weighted by atomic mass is 10.2. The van der Waals surface area contributed by atoms with Crippen LogP contribution in [0.3, 0.4) is 0 Å². The molecule has 2 rings (SSSR count). The van der Waals surface area contributed by atoms with Crippen molar-refractivity contribution in [2.75, 3.05) is 33.0 Å². The summed E-state index contributed by atoms with van der Waals surface area (Å²) in [5.74, 6) is -0.416. The van der Waals surface area contributed by atoms with Gasteiger partial charge in [0, 0.05) is 12.2 Å². The summed E-state index contributed by atoms with van der Waals surface area (Å²) < 4.78 is 21.1. The van der Waals surface area contributed by atoms with E-state index in [0.717, 1.165) is 6.42 Å². The number of carbonyl (C=O) groups is 3. The molecule has 2 aromatic carbocycles. The first-order chi connectivity index (χ1) is 15.5. The highest BCUT2D eigenvalue weighted by atomic mass is 16.5. The Bertz CT molecular complexity index is 867. The van der Waals surface area contributed by atoms with Crippen molar-refractivity contribution >= 4 is 17.8 Å². The molecule has 172 valence electrons. The SMILES string of the molecule is CCCOC(=O)c1ccc(OCC(=O)NNC(=O)c2ccc(OCCOCC)cc2)cc1. The molecule has 0 aliphatic heterocycles. The second kappa shape index (κ2) is 13.7. The Kier molecular flexibility index (Phi) is 10.5. The number of rotatable bonds is 12. The number of ether oxygens (including phenoxy) is 4. The molecule has 0 radical (unpaired) electrons. The van der Waals surface area contributed by atoms with Gasteiger partial charge in [0.1, 0.15) is 18.1 Å². The highest BCUT2D eigenvalue weighted by Gasteiger charge is 2.10. The summed E-state index contributed by atoms with van der Waals surface area (Å²) in [4.78, 5) is 35.8. The van der Waals surface area contributed by atoms with Gasteiger partial charge in [-0.1, -0.05) is 6.92 Å². The summed E-state index contributed by atoms with van der Waals surface area (Å²) in [5, 5.41) is 0. The van der Waals surface area contributed by atoms with Crippen molar-refractivity contribution in [2.45, 2.75) is 20.3 Å². The predicted molar refractivity (Wildman–Crippen MR) is 117 cm³/mol. The van der Waals surface area contributed by atoms with Crippen molar-refractivity contribution < 1.29 is 33.3 Å². The van der Waals surface area contributed by atoms with E-state index < -0.39 is 17.8 Å². The zero-order valence-corrected chi connectivity index (χ0v) is 18.2. The second-order valence-corrected chi connectivity index (χ2v) is 6.52. The first-order valence-electron chi connectivity index (χ1n) is 10.3. The molecule has 2 N–H and O–H groups in total. The minimum atomic E-state index is -0.541. The van der Waals surface area contributed by atoms with E-state index in [4.69, 9.17) is 18.9 Å². The number of hydrazine groups is 1. The number of benzene rings is 2. The number of nitrogens with one attached hydrogen (secondary N) is 2. The van der Waals surface area contributed by atoms with Gasteiger partial charge in [0.15, 0.2) is 6.61 Å². The molecule has 0 heterocycles. The van der Waals surface area contributed by atoms with Gasteiger partial charge in [-0.15, -0.1) is 0 Å². The molecule has 2 aromatic rings. The van der Waals surface area contributed by atoms with Gasteiger partial charge in [-0.05, 0) is 61.9 Å². The Labute approximate surface area is 187 Å². The average molecular weight is 444 g/mol.